The third-order valence-electron chi connectivity index (χ3n) is 5.64. The van der Waals surface area contributed by atoms with E-state index in [4.69, 9.17) is 0 Å². The lowest BCUT2D eigenvalue weighted by Gasteiger charge is -2.29. The average Bonchev–Trinajstić information content (AvgIpc) is 3.51. The zero-order valence-electron chi connectivity index (χ0n) is 18.0. The summed E-state index contributed by atoms with van der Waals surface area (Å²) in [5.74, 6) is -0.708. The average molecular weight is 501 g/mol. The number of aryl methyl sites for hydroxylation is 1. The molecule has 0 saturated carbocycles. The standard InChI is InChI=1S/C20H23F3N6O2S2/c1-13-7-18(33(30,31)26-19-11-32-12-24-19)16(21)8-17(13)27(2)15-4-5-28(10-15)9-14-3-6-29(25-14)20(22)23/h3,6-8,11-12,15,20,26H,4-5,9-10H2,1-2H3. The van der Waals surface area contributed by atoms with E-state index in [1.54, 1.807) is 13.0 Å². The number of likely N-dealkylation sites (tertiary alicyclic amines) is 1. The highest BCUT2D eigenvalue weighted by Crippen LogP contribution is 2.30. The Kier molecular flexibility index (Phi) is 6.64. The van der Waals surface area contributed by atoms with Crippen molar-refractivity contribution in [2.75, 3.05) is 29.8 Å². The maximum Gasteiger partial charge on any atom is 0.333 e. The molecule has 0 bridgehead atoms. The van der Waals surface area contributed by atoms with Gasteiger partial charge in [-0.1, -0.05) is 0 Å². The first-order valence-corrected chi connectivity index (χ1v) is 12.5. The van der Waals surface area contributed by atoms with Gasteiger partial charge in [0.2, 0.25) is 0 Å². The summed E-state index contributed by atoms with van der Waals surface area (Å²) in [5, 5.41) is 5.40. The Hall–Kier alpha value is -2.64. The Morgan fingerprint density at radius 3 is 2.82 bits per heavy atom. The minimum Gasteiger partial charge on any atom is -0.370 e. The van der Waals surface area contributed by atoms with Crippen LogP contribution in [0.25, 0.3) is 0 Å². The highest BCUT2D eigenvalue weighted by atomic mass is 32.2. The molecule has 1 aliphatic rings. The molecule has 1 aliphatic heterocycles. The molecule has 1 N–H and O–H groups in total. The summed E-state index contributed by atoms with van der Waals surface area (Å²) in [5.41, 5.74) is 3.25. The zero-order chi connectivity index (χ0) is 23.8. The largest absolute Gasteiger partial charge is 0.370 e. The maximum absolute atomic E-state index is 14.9. The minimum atomic E-state index is -4.12. The van der Waals surface area contributed by atoms with Gasteiger partial charge >= 0.3 is 6.55 Å². The lowest BCUT2D eigenvalue weighted by Crippen LogP contribution is -2.35. The van der Waals surface area contributed by atoms with E-state index in [9.17, 15) is 21.6 Å². The number of halogens is 3. The van der Waals surface area contributed by atoms with Crippen molar-refractivity contribution in [3.63, 3.8) is 0 Å². The van der Waals surface area contributed by atoms with Crippen LogP contribution in [0, 0.1) is 12.7 Å². The van der Waals surface area contributed by atoms with Crippen LogP contribution in [0.4, 0.5) is 24.7 Å². The molecule has 8 nitrogen and oxygen atoms in total. The summed E-state index contributed by atoms with van der Waals surface area (Å²) in [6, 6.07) is 4.18. The van der Waals surface area contributed by atoms with Gasteiger partial charge in [0.1, 0.15) is 10.7 Å². The van der Waals surface area contributed by atoms with Gasteiger partial charge < -0.3 is 4.90 Å². The van der Waals surface area contributed by atoms with Crippen LogP contribution < -0.4 is 9.62 Å². The van der Waals surface area contributed by atoms with Crippen LogP contribution in [0.1, 0.15) is 24.2 Å². The molecule has 2 aromatic heterocycles. The topological polar surface area (TPSA) is 83.4 Å². The van der Waals surface area contributed by atoms with Gasteiger partial charge in [-0.05, 0) is 37.1 Å². The molecule has 0 radical (unpaired) electrons. The van der Waals surface area contributed by atoms with Crippen LogP contribution in [0.15, 0.2) is 40.2 Å². The molecule has 13 heteroatoms. The van der Waals surface area contributed by atoms with Crippen molar-refractivity contribution in [3.05, 3.63) is 52.4 Å². The summed E-state index contributed by atoms with van der Waals surface area (Å²) in [6.45, 7) is 0.887. The quantitative estimate of drug-likeness (QED) is 0.508. The predicted molar refractivity (Wildman–Crippen MR) is 120 cm³/mol. The molecule has 0 amide bonds. The number of alkyl halides is 2. The second-order valence-electron chi connectivity index (χ2n) is 7.90. The third-order valence-corrected chi connectivity index (χ3v) is 7.59. The summed E-state index contributed by atoms with van der Waals surface area (Å²) < 4.78 is 68.5. The molecular weight excluding hydrogens is 477 g/mol. The van der Waals surface area contributed by atoms with Gasteiger partial charge in [-0.25, -0.2) is 22.5 Å². The highest BCUT2D eigenvalue weighted by Gasteiger charge is 2.29. The minimum absolute atomic E-state index is 0.0517. The number of benzene rings is 1. The van der Waals surface area contributed by atoms with E-state index in [0.29, 0.717) is 34.7 Å². The number of nitrogens with one attached hydrogen (secondary N) is 1. The Labute approximate surface area is 193 Å². The van der Waals surface area contributed by atoms with Gasteiger partial charge in [-0.2, -0.15) is 13.9 Å². The summed E-state index contributed by atoms with van der Waals surface area (Å²) >= 11 is 1.23. The Morgan fingerprint density at radius 1 is 1.36 bits per heavy atom. The molecule has 1 saturated heterocycles. The van der Waals surface area contributed by atoms with Crippen LogP contribution in [-0.2, 0) is 16.6 Å². The summed E-state index contributed by atoms with van der Waals surface area (Å²) in [4.78, 5) is 7.47. The van der Waals surface area contributed by atoms with Crippen molar-refractivity contribution in [2.45, 2.75) is 37.4 Å². The number of hydrogen-bond acceptors (Lipinski definition) is 7. The molecular formula is C20H23F3N6O2S2. The van der Waals surface area contributed by atoms with Gasteiger partial charge in [0.05, 0.1) is 11.2 Å². The first kappa shape index (κ1) is 23.5. The fraction of sp³-hybridized carbons (Fsp3) is 0.400. The van der Waals surface area contributed by atoms with Crippen molar-refractivity contribution in [2.24, 2.45) is 0 Å². The van der Waals surface area contributed by atoms with Crippen LogP contribution in [0.5, 0.6) is 0 Å². The molecule has 0 spiro atoms. The van der Waals surface area contributed by atoms with Crippen LogP contribution in [-0.4, -0.2) is 54.3 Å². The molecule has 1 aromatic carbocycles. The Bertz CT molecular complexity index is 1220. The lowest BCUT2D eigenvalue weighted by molar-refractivity contribution is 0.0558. The first-order chi connectivity index (χ1) is 15.6. The van der Waals surface area contributed by atoms with Crippen molar-refractivity contribution >= 4 is 32.9 Å². The molecule has 178 valence electrons. The highest BCUT2D eigenvalue weighted by molar-refractivity contribution is 7.92. The van der Waals surface area contributed by atoms with Gasteiger partial charge in [0.15, 0.2) is 5.82 Å². The van der Waals surface area contributed by atoms with Crippen LogP contribution in [0.3, 0.4) is 0 Å². The van der Waals surface area contributed by atoms with Crippen molar-refractivity contribution in [1.29, 1.82) is 0 Å². The van der Waals surface area contributed by atoms with E-state index in [1.165, 1.54) is 40.6 Å². The SMILES string of the molecule is Cc1cc(S(=O)(=O)Nc2cscn2)c(F)cc1N(C)C1CCN(Cc2ccn(C(F)F)n2)C1. The molecule has 1 fully saturated rings. The van der Waals surface area contributed by atoms with Gasteiger partial charge in [0.25, 0.3) is 10.0 Å². The van der Waals surface area contributed by atoms with Crippen molar-refractivity contribution in [3.8, 4) is 0 Å². The fourth-order valence-electron chi connectivity index (χ4n) is 3.95. The second-order valence-corrected chi connectivity index (χ2v) is 10.3. The predicted octanol–water partition coefficient (Wildman–Crippen LogP) is 3.69. The van der Waals surface area contributed by atoms with Gasteiger partial charge in [-0.15, -0.1) is 11.3 Å². The number of thiazole rings is 1. The van der Waals surface area contributed by atoms with E-state index in [-0.39, 0.29) is 11.9 Å². The van der Waals surface area contributed by atoms with Crippen LogP contribution >= 0.6 is 11.3 Å². The summed E-state index contributed by atoms with van der Waals surface area (Å²) in [7, 11) is -2.28. The van der Waals surface area contributed by atoms with Crippen molar-refractivity contribution in [1.82, 2.24) is 19.7 Å². The first-order valence-electron chi connectivity index (χ1n) is 10.1. The lowest BCUT2D eigenvalue weighted by atomic mass is 10.1. The number of rotatable bonds is 8. The monoisotopic (exact) mass is 500 g/mol. The van der Waals surface area contributed by atoms with E-state index >= 15 is 0 Å². The van der Waals surface area contributed by atoms with E-state index < -0.39 is 27.3 Å². The number of nitrogens with zero attached hydrogens (tertiary/aromatic N) is 5. The number of aromatic nitrogens is 3. The maximum atomic E-state index is 14.9. The van der Waals surface area contributed by atoms with Crippen LogP contribution in [0.2, 0.25) is 0 Å². The number of hydrogen-bond donors (Lipinski definition) is 1. The van der Waals surface area contributed by atoms with Crippen molar-refractivity contribution < 1.29 is 21.6 Å². The summed E-state index contributed by atoms with van der Waals surface area (Å²) in [6.07, 6.45) is 2.04. The number of anilines is 2. The van der Waals surface area contributed by atoms with E-state index in [2.05, 4.69) is 19.7 Å². The normalized spacial score (nSPS) is 17.1. The molecule has 1 unspecified atom stereocenters. The third kappa shape index (κ3) is 5.14. The molecule has 3 heterocycles. The molecule has 33 heavy (non-hydrogen) atoms. The number of likely N-dealkylation sites (N-methyl/N-ethyl adjacent to an activating group) is 1. The smallest absolute Gasteiger partial charge is 0.333 e. The second kappa shape index (κ2) is 9.31. The Balaban J connectivity index is 1.46. The zero-order valence-corrected chi connectivity index (χ0v) is 19.6. The van der Waals surface area contributed by atoms with E-state index in [1.807, 2.05) is 11.9 Å². The molecule has 1 atom stereocenters. The fourth-order valence-corrected chi connectivity index (χ4v) is 5.66. The molecule has 3 aromatic rings. The van der Waals surface area contributed by atoms with Gasteiger partial charge in [-0.3, -0.25) is 9.62 Å². The molecule has 0 aliphatic carbocycles. The molecule has 4 rings (SSSR count). The Morgan fingerprint density at radius 2 is 2.15 bits per heavy atom. The van der Waals surface area contributed by atoms with Gasteiger partial charge in [0, 0.05) is 50.0 Å². The van der Waals surface area contributed by atoms with E-state index in [0.717, 1.165) is 13.0 Å². The number of sulfonamides is 1.